The van der Waals surface area contributed by atoms with Gasteiger partial charge in [-0.2, -0.15) is 8.78 Å². The molecule has 0 bridgehead atoms. The molecule has 0 aliphatic carbocycles. The van der Waals surface area contributed by atoms with Crippen LogP contribution in [0.2, 0.25) is 0 Å². The Balaban J connectivity index is 2.03. The summed E-state index contributed by atoms with van der Waals surface area (Å²) in [6, 6.07) is 11.4. The molecule has 0 fully saturated rings. The Kier molecular flexibility index (Phi) is 6.78. The quantitative estimate of drug-likeness (QED) is 0.559. The van der Waals surface area contributed by atoms with Crippen molar-refractivity contribution < 1.29 is 23.2 Å². The number of para-hydroxylation sites is 2. The van der Waals surface area contributed by atoms with Gasteiger partial charge in [0.15, 0.2) is 0 Å². The van der Waals surface area contributed by atoms with Gasteiger partial charge >= 0.3 is 6.61 Å². The van der Waals surface area contributed by atoms with E-state index in [1.54, 1.807) is 37.1 Å². The zero-order chi connectivity index (χ0) is 20.0. The molecule has 2 aromatic carbocycles. The van der Waals surface area contributed by atoms with Crippen LogP contribution in [0.5, 0.6) is 5.75 Å². The lowest BCUT2D eigenvalue weighted by atomic mass is 10.1. The van der Waals surface area contributed by atoms with Gasteiger partial charge in [0.1, 0.15) is 11.4 Å². The fraction of sp³-hybridized carbons (Fsp3) is 0.278. The van der Waals surface area contributed by atoms with Crippen LogP contribution in [0, 0.1) is 10.1 Å². The summed E-state index contributed by atoms with van der Waals surface area (Å²) in [5, 5.41) is 13.6. The van der Waals surface area contributed by atoms with Crippen molar-refractivity contribution in [2.75, 3.05) is 12.4 Å². The topological polar surface area (TPSA) is 84.7 Å². The van der Waals surface area contributed by atoms with Crippen molar-refractivity contribution >= 4 is 17.3 Å². The Morgan fingerprint density at radius 3 is 2.63 bits per heavy atom. The molecule has 0 aromatic heterocycles. The zero-order valence-corrected chi connectivity index (χ0v) is 14.8. The number of hydrogen-bond acceptors (Lipinski definition) is 5. The van der Waals surface area contributed by atoms with Gasteiger partial charge in [-0.1, -0.05) is 24.3 Å². The van der Waals surface area contributed by atoms with Crippen LogP contribution >= 0.6 is 0 Å². The highest BCUT2D eigenvalue weighted by atomic mass is 19.3. The summed E-state index contributed by atoms with van der Waals surface area (Å²) in [5.41, 5.74) is 0.596. The lowest BCUT2D eigenvalue weighted by molar-refractivity contribution is -0.383. The number of anilines is 1. The van der Waals surface area contributed by atoms with Crippen molar-refractivity contribution in [1.29, 1.82) is 0 Å². The number of ether oxygens (including phenoxy) is 1. The normalized spacial score (nSPS) is 12.1. The van der Waals surface area contributed by atoms with Gasteiger partial charge in [-0.05, 0) is 37.7 Å². The van der Waals surface area contributed by atoms with Crippen molar-refractivity contribution in [3.63, 3.8) is 0 Å². The highest BCUT2D eigenvalue weighted by Crippen LogP contribution is 2.24. The molecule has 0 radical (unpaired) electrons. The van der Waals surface area contributed by atoms with Gasteiger partial charge in [-0.3, -0.25) is 19.8 Å². The molecular formula is C18H19F2N3O4. The summed E-state index contributed by atoms with van der Waals surface area (Å²) in [4.78, 5) is 24.6. The predicted octanol–water partition coefficient (Wildman–Crippen LogP) is 3.66. The monoisotopic (exact) mass is 379 g/mol. The van der Waals surface area contributed by atoms with Gasteiger partial charge in [-0.25, -0.2) is 0 Å². The Hall–Kier alpha value is -3.07. The summed E-state index contributed by atoms with van der Waals surface area (Å²) in [7, 11) is 1.68. The number of carbonyl (C=O) groups excluding carboxylic acids is 1. The molecule has 144 valence electrons. The number of rotatable bonds is 8. The molecule has 0 saturated carbocycles. The number of nitrogens with zero attached hydrogens (tertiary/aromatic N) is 2. The van der Waals surface area contributed by atoms with E-state index in [4.69, 9.17) is 0 Å². The maximum atomic E-state index is 12.4. The molecule has 0 aliphatic heterocycles. The second-order valence-electron chi connectivity index (χ2n) is 5.88. The van der Waals surface area contributed by atoms with Gasteiger partial charge in [0.2, 0.25) is 5.91 Å². The van der Waals surface area contributed by atoms with Crippen LogP contribution in [-0.2, 0) is 11.3 Å². The first kappa shape index (κ1) is 20.2. The van der Waals surface area contributed by atoms with Gasteiger partial charge in [-0.15, -0.1) is 0 Å². The zero-order valence-electron chi connectivity index (χ0n) is 14.8. The van der Waals surface area contributed by atoms with Crippen molar-refractivity contribution in [1.82, 2.24) is 4.90 Å². The largest absolute Gasteiger partial charge is 0.435 e. The Bertz CT molecular complexity index is 817. The second-order valence-corrected chi connectivity index (χ2v) is 5.88. The standard InChI is InChI=1S/C18H19F2N3O4/c1-12(17(24)21-15-8-3-4-9-16(15)23(25)26)22(2)11-13-6-5-7-14(10-13)27-18(19)20/h3-10,12,18H,11H2,1-2H3,(H,21,24). The smallest absolute Gasteiger partial charge is 0.387 e. The van der Waals surface area contributed by atoms with Crippen molar-refractivity contribution in [2.45, 2.75) is 26.1 Å². The molecule has 2 aromatic rings. The molecule has 9 heteroatoms. The SMILES string of the molecule is CC(C(=O)Nc1ccccc1[N+](=O)[O-])N(C)Cc1cccc(OC(F)F)c1. The third-order valence-electron chi connectivity index (χ3n) is 3.95. The van der Waals surface area contributed by atoms with Crippen molar-refractivity contribution in [2.24, 2.45) is 0 Å². The van der Waals surface area contributed by atoms with Gasteiger partial charge < -0.3 is 10.1 Å². The predicted molar refractivity (Wildman–Crippen MR) is 95.7 cm³/mol. The summed E-state index contributed by atoms with van der Waals surface area (Å²) >= 11 is 0. The number of halogens is 2. The lowest BCUT2D eigenvalue weighted by Gasteiger charge is -2.24. The molecule has 0 heterocycles. The molecule has 1 atom stereocenters. The summed E-state index contributed by atoms with van der Waals surface area (Å²) in [5.74, 6) is -0.389. The first-order chi connectivity index (χ1) is 12.8. The van der Waals surface area contributed by atoms with Crippen LogP contribution in [0.15, 0.2) is 48.5 Å². The average Bonchev–Trinajstić information content (AvgIpc) is 2.61. The number of benzene rings is 2. The number of nitrogens with one attached hydrogen (secondary N) is 1. The van der Waals surface area contributed by atoms with E-state index >= 15 is 0 Å². The van der Waals surface area contributed by atoms with E-state index < -0.39 is 23.5 Å². The summed E-state index contributed by atoms with van der Waals surface area (Å²) < 4.78 is 29.0. The third-order valence-corrected chi connectivity index (χ3v) is 3.95. The fourth-order valence-electron chi connectivity index (χ4n) is 2.42. The van der Waals surface area contributed by atoms with Gasteiger partial charge in [0.25, 0.3) is 5.69 Å². The maximum Gasteiger partial charge on any atom is 0.387 e. The van der Waals surface area contributed by atoms with Gasteiger partial charge in [0, 0.05) is 12.6 Å². The Labute approximate surface area is 154 Å². The highest BCUT2D eigenvalue weighted by Gasteiger charge is 2.22. The minimum absolute atomic E-state index is 0.0351. The molecule has 0 aliphatic rings. The molecule has 0 saturated heterocycles. The summed E-state index contributed by atoms with van der Waals surface area (Å²) in [6.45, 7) is -0.973. The molecular weight excluding hydrogens is 360 g/mol. The highest BCUT2D eigenvalue weighted by molar-refractivity contribution is 5.96. The number of alkyl halides is 2. The Morgan fingerprint density at radius 1 is 1.26 bits per heavy atom. The molecule has 2 rings (SSSR count). The van der Waals surface area contributed by atoms with Crippen molar-refractivity contribution in [3.8, 4) is 5.75 Å². The molecule has 1 N–H and O–H groups in total. The summed E-state index contributed by atoms with van der Waals surface area (Å²) in [6.07, 6.45) is 0. The van der Waals surface area contributed by atoms with E-state index in [2.05, 4.69) is 10.1 Å². The first-order valence-corrected chi connectivity index (χ1v) is 8.06. The van der Waals surface area contributed by atoms with E-state index in [0.717, 1.165) is 0 Å². The number of hydrogen-bond donors (Lipinski definition) is 1. The van der Waals surface area contributed by atoms with Crippen LogP contribution in [0.25, 0.3) is 0 Å². The third kappa shape index (κ3) is 5.71. The van der Waals surface area contributed by atoms with Crippen LogP contribution in [0.3, 0.4) is 0 Å². The van der Waals surface area contributed by atoms with E-state index in [1.807, 2.05) is 0 Å². The van der Waals surface area contributed by atoms with E-state index in [0.29, 0.717) is 12.1 Å². The average molecular weight is 379 g/mol. The number of likely N-dealkylation sites (N-methyl/N-ethyl adjacent to an activating group) is 1. The van der Waals surface area contributed by atoms with E-state index in [1.165, 1.54) is 30.3 Å². The molecule has 0 spiro atoms. The number of nitro benzene ring substituents is 1. The number of amides is 1. The molecule has 27 heavy (non-hydrogen) atoms. The maximum absolute atomic E-state index is 12.4. The van der Waals surface area contributed by atoms with Crippen LogP contribution < -0.4 is 10.1 Å². The minimum atomic E-state index is -2.91. The van der Waals surface area contributed by atoms with Crippen molar-refractivity contribution in [3.05, 3.63) is 64.2 Å². The number of carbonyl (C=O) groups is 1. The fourth-order valence-corrected chi connectivity index (χ4v) is 2.42. The van der Waals surface area contributed by atoms with Crippen LogP contribution in [-0.4, -0.2) is 35.4 Å². The van der Waals surface area contributed by atoms with E-state index in [-0.39, 0.29) is 17.1 Å². The minimum Gasteiger partial charge on any atom is -0.435 e. The van der Waals surface area contributed by atoms with Crippen LogP contribution in [0.4, 0.5) is 20.2 Å². The lowest BCUT2D eigenvalue weighted by Crippen LogP contribution is -2.39. The second kappa shape index (κ2) is 9.04. The Morgan fingerprint density at radius 2 is 1.96 bits per heavy atom. The van der Waals surface area contributed by atoms with Gasteiger partial charge in [0.05, 0.1) is 11.0 Å². The van der Waals surface area contributed by atoms with E-state index in [9.17, 15) is 23.7 Å². The molecule has 1 unspecified atom stereocenters. The first-order valence-electron chi connectivity index (χ1n) is 8.06. The molecule has 1 amide bonds. The van der Waals surface area contributed by atoms with Crippen LogP contribution in [0.1, 0.15) is 12.5 Å². The number of nitro groups is 1. The molecule has 7 nitrogen and oxygen atoms in total.